The molecule has 0 radical (unpaired) electrons. The molecule has 14 heavy (non-hydrogen) atoms. The third-order valence-electron chi connectivity index (χ3n) is 2.93. The minimum atomic E-state index is -0.897. The fourth-order valence-corrected chi connectivity index (χ4v) is 2.02. The smallest absolute Gasteiger partial charge is 0.329 e. The first-order chi connectivity index (χ1) is 6.62. The molecule has 1 aliphatic rings. The highest BCUT2D eigenvalue weighted by Gasteiger charge is 2.25. The van der Waals surface area contributed by atoms with Gasteiger partial charge in [-0.1, -0.05) is 26.2 Å². The second-order valence-corrected chi connectivity index (χ2v) is 4.42. The zero-order valence-electron chi connectivity index (χ0n) is 8.75. The van der Waals surface area contributed by atoms with Gasteiger partial charge in [-0.15, -0.1) is 0 Å². The van der Waals surface area contributed by atoms with Crippen LogP contribution in [0.2, 0.25) is 0 Å². The van der Waals surface area contributed by atoms with Gasteiger partial charge in [-0.25, -0.2) is 4.79 Å². The molecule has 0 aromatic heterocycles. The average Bonchev–Trinajstić information content (AvgIpc) is 2.14. The normalized spacial score (nSPS) is 20.9. The average molecular weight is 197 g/mol. The summed E-state index contributed by atoms with van der Waals surface area (Å²) >= 11 is 0. The Hall–Kier alpha value is -0.990. The van der Waals surface area contributed by atoms with Crippen molar-refractivity contribution in [1.82, 2.24) is 5.32 Å². The first-order valence-corrected chi connectivity index (χ1v) is 5.25. The van der Waals surface area contributed by atoms with Crippen molar-refractivity contribution in [2.75, 3.05) is 6.54 Å². The Balaban J connectivity index is 2.25. The van der Waals surface area contributed by atoms with Gasteiger partial charge in [-0.3, -0.25) is 0 Å². The van der Waals surface area contributed by atoms with E-state index >= 15 is 0 Å². The van der Waals surface area contributed by atoms with Gasteiger partial charge in [0.05, 0.1) is 0 Å². The van der Waals surface area contributed by atoms with Crippen LogP contribution < -0.4 is 5.32 Å². The molecule has 1 aliphatic carbocycles. The molecule has 1 rings (SSSR count). The molecule has 0 bridgehead atoms. The molecule has 3 heteroatoms. The van der Waals surface area contributed by atoms with E-state index in [1.54, 1.807) is 0 Å². The lowest BCUT2D eigenvalue weighted by atomic mass is 9.76. The van der Waals surface area contributed by atoms with Crippen molar-refractivity contribution in [1.29, 1.82) is 0 Å². The van der Waals surface area contributed by atoms with E-state index in [0.717, 1.165) is 12.6 Å². The lowest BCUT2D eigenvalue weighted by molar-refractivity contribution is -0.131. The van der Waals surface area contributed by atoms with Crippen LogP contribution in [0.15, 0.2) is 12.3 Å². The van der Waals surface area contributed by atoms with Crippen LogP contribution in [0.5, 0.6) is 0 Å². The van der Waals surface area contributed by atoms with Crippen LogP contribution in [0.1, 0.15) is 39.0 Å². The van der Waals surface area contributed by atoms with Crippen molar-refractivity contribution in [2.45, 2.75) is 39.0 Å². The molecule has 3 nitrogen and oxygen atoms in total. The zero-order valence-corrected chi connectivity index (χ0v) is 8.75. The summed E-state index contributed by atoms with van der Waals surface area (Å²) in [5.74, 6) is -0.897. The molecule has 0 aromatic carbocycles. The Bertz CT molecular complexity index is 217. The van der Waals surface area contributed by atoms with Gasteiger partial charge in [0.2, 0.25) is 0 Å². The number of hydrogen-bond donors (Lipinski definition) is 2. The Labute approximate surface area is 85.2 Å². The van der Waals surface area contributed by atoms with Gasteiger partial charge >= 0.3 is 5.97 Å². The lowest BCUT2D eigenvalue weighted by Crippen LogP contribution is -2.31. The Morgan fingerprint density at radius 1 is 1.43 bits per heavy atom. The summed E-state index contributed by atoms with van der Waals surface area (Å²) in [4.78, 5) is 10.2. The van der Waals surface area contributed by atoms with E-state index in [1.807, 2.05) is 0 Å². The molecular formula is C11H19NO2. The summed E-state index contributed by atoms with van der Waals surface area (Å²) in [6, 6.07) is 0. The van der Waals surface area contributed by atoms with Crippen molar-refractivity contribution in [2.24, 2.45) is 5.41 Å². The molecule has 0 spiro atoms. The van der Waals surface area contributed by atoms with Crippen LogP contribution in [0.3, 0.4) is 0 Å². The van der Waals surface area contributed by atoms with E-state index in [0.29, 0.717) is 5.41 Å². The van der Waals surface area contributed by atoms with Crippen LogP contribution >= 0.6 is 0 Å². The summed E-state index contributed by atoms with van der Waals surface area (Å²) in [5, 5.41) is 11.5. The summed E-state index contributed by atoms with van der Waals surface area (Å²) < 4.78 is 0. The summed E-state index contributed by atoms with van der Waals surface area (Å²) in [6.07, 6.45) is 9.14. The SMILES string of the molecule is CC1(CN/C=C/C(=O)O)CCCCC1. The molecule has 0 heterocycles. The predicted molar refractivity (Wildman–Crippen MR) is 56.0 cm³/mol. The zero-order chi connectivity index (χ0) is 10.4. The summed E-state index contributed by atoms with van der Waals surface area (Å²) in [6.45, 7) is 3.16. The van der Waals surface area contributed by atoms with Gasteiger partial charge < -0.3 is 10.4 Å². The molecule has 1 saturated carbocycles. The van der Waals surface area contributed by atoms with Gasteiger partial charge in [-0.05, 0) is 18.3 Å². The fourth-order valence-electron chi connectivity index (χ4n) is 2.02. The molecule has 80 valence electrons. The standard InChI is InChI=1S/C11H19NO2/c1-11(6-3-2-4-7-11)9-12-8-5-10(13)14/h5,8,12H,2-4,6-7,9H2,1H3,(H,13,14)/b8-5+. The maximum Gasteiger partial charge on any atom is 0.329 e. The number of hydrogen-bond acceptors (Lipinski definition) is 2. The maximum absolute atomic E-state index is 10.2. The molecule has 2 N–H and O–H groups in total. The first kappa shape index (κ1) is 11.1. The minimum Gasteiger partial charge on any atom is -0.478 e. The molecule has 0 unspecified atom stereocenters. The molecular weight excluding hydrogens is 178 g/mol. The summed E-state index contributed by atoms with van der Waals surface area (Å²) in [5.41, 5.74) is 0.362. The van der Waals surface area contributed by atoms with Gasteiger partial charge in [-0.2, -0.15) is 0 Å². The van der Waals surface area contributed by atoms with Crippen LogP contribution in [-0.4, -0.2) is 17.6 Å². The fraction of sp³-hybridized carbons (Fsp3) is 0.727. The van der Waals surface area contributed by atoms with Crippen molar-refractivity contribution in [3.63, 3.8) is 0 Å². The van der Waals surface area contributed by atoms with E-state index in [-0.39, 0.29) is 0 Å². The minimum absolute atomic E-state index is 0.362. The van der Waals surface area contributed by atoms with Gasteiger partial charge in [0.25, 0.3) is 0 Å². The molecule has 0 atom stereocenters. The maximum atomic E-state index is 10.2. The monoisotopic (exact) mass is 197 g/mol. The Kier molecular flexibility index (Phi) is 3.98. The Morgan fingerprint density at radius 2 is 2.07 bits per heavy atom. The number of carboxylic acids is 1. The number of carboxylic acid groups (broad SMARTS) is 1. The lowest BCUT2D eigenvalue weighted by Gasteiger charge is -2.33. The predicted octanol–water partition coefficient (Wildman–Crippen LogP) is 2.14. The molecule has 0 aromatic rings. The van der Waals surface area contributed by atoms with Crippen molar-refractivity contribution in [3.05, 3.63) is 12.3 Å². The van der Waals surface area contributed by atoms with Crippen LogP contribution in [0.25, 0.3) is 0 Å². The van der Waals surface area contributed by atoms with Gasteiger partial charge in [0, 0.05) is 18.8 Å². The second kappa shape index (κ2) is 5.03. The molecule has 0 aliphatic heterocycles. The second-order valence-electron chi connectivity index (χ2n) is 4.42. The number of carbonyl (C=O) groups is 1. The summed E-state index contributed by atoms with van der Waals surface area (Å²) in [7, 11) is 0. The van der Waals surface area contributed by atoms with Gasteiger partial charge in [0.1, 0.15) is 0 Å². The highest BCUT2D eigenvalue weighted by Crippen LogP contribution is 2.34. The van der Waals surface area contributed by atoms with Crippen LogP contribution in [0.4, 0.5) is 0 Å². The highest BCUT2D eigenvalue weighted by molar-refractivity contribution is 5.79. The van der Waals surface area contributed by atoms with E-state index in [1.165, 1.54) is 38.3 Å². The molecule has 0 amide bonds. The van der Waals surface area contributed by atoms with E-state index in [9.17, 15) is 4.79 Å². The third-order valence-corrected chi connectivity index (χ3v) is 2.93. The topological polar surface area (TPSA) is 49.3 Å². The number of aliphatic carboxylic acids is 1. The number of rotatable bonds is 4. The van der Waals surface area contributed by atoms with E-state index in [4.69, 9.17) is 5.11 Å². The van der Waals surface area contributed by atoms with Crippen LogP contribution in [-0.2, 0) is 4.79 Å². The quantitative estimate of drug-likeness (QED) is 0.679. The van der Waals surface area contributed by atoms with Crippen molar-refractivity contribution >= 4 is 5.97 Å². The van der Waals surface area contributed by atoms with Crippen molar-refractivity contribution < 1.29 is 9.90 Å². The van der Waals surface area contributed by atoms with Crippen LogP contribution in [0, 0.1) is 5.41 Å². The first-order valence-electron chi connectivity index (χ1n) is 5.25. The van der Waals surface area contributed by atoms with E-state index in [2.05, 4.69) is 12.2 Å². The highest BCUT2D eigenvalue weighted by atomic mass is 16.4. The largest absolute Gasteiger partial charge is 0.478 e. The molecule has 0 saturated heterocycles. The third kappa shape index (κ3) is 3.81. The van der Waals surface area contributed by atoms with Crippen molar-refractivity contribution in [3.8, 4) is 0 Å². The number of nitrogens with one attached hydrogen (secondary N) is 1. The molecule has 1 fully saturated rings. The Morgan fingerprint density at radius 3 is 2.64 bits per heavy atom. The van der Waals surface area contributed by atoms with E-state index < -0.39 is 5.97 Å². The van der Waals surface area contributed by atoms with Gasteiger partial charge in [0.15, 0.2) is 0 Å².